The van der Waals surface area contributed by atoms with Crippen molar-refractivity contribution in [2.75, 3.05) is 5.32 Å². The first-order valence-corrected chi connectivity index (χ1v) is 6.45. The van der Waals surface area contributed by atoms with Gasteiger partial charge in [0.1, 0.15) is 5.82 Å². The number of anilines is 1. The van der Waals surface area contributed by atoms with Crippen molar-refractivity contribution in [2.45, 2.75) is 6.92 Å². The lowest BCUT2D eigenvalue weighted by atomic mass is 10.0. The molecule has 1 heterocycles. The van der Waals surface area contributed by atoms with Gasteiger partial charge in [0.2, 0.25) is 6.41 Å². The van der Waals surface area contributed by atoms with Crippen molar-refractivity contribution in [3.8, 4) is 11.3 Å². The van der Waals surface area contributed by atoms with Gasteiger partial charge >= 0.3 is 0 Å². The highest BCUT2D eigenvalue weighted by molar-refractivity contribution is 5.97. The van der Waals surface area contributed by atoms with Gasteiger partial charge in [-0.1, -0.05) is 48.5 Å². The topological polar surface area (TPSA) is 42.0 Å². The van der Waals surface area contributed by atoms with Gasteiger partial charge in [0.05, 0.1) is 5.69 Å². The quantitative estimate of drug-likeness (QED) is 0.730. The van der Waals surface area contributed by atoms with E-state index in [1.54, 1.807) is 0 Å². The maximum Gasteiger partial charge on any atom is 0.212 e. The largest absolute Gasteiger partial charge is 0.313 e. The Hall–Kier alpha value is -2.68. The molecular formula is C17H14N2O. The molecule has 0 fully saturated rings. The van der Waals surface area contributed by atoms with Crippen molar-refractivity contribution in [3.63, 3.8) is 0 Å². The van der Waals surface area contributed by atoms with E-state index in [-0.39, 0.29) is 0 Å². The maximum atomic E-state index is 10.8. The molecule has 1 amide bonds. The minimum atomic E-state index is 0.594. The number of nitrogens with one attached hydrogen (secondary N) is 1. The molecule has 2 aromatic carbocycles. The van der Waals surface area contributed by atoms with E-state index in [9.17, 15) is 4.79 Å². The molecule has 0 unspecified atom stereocenters. The van der Waals surface area contributed by atoms with Crippen LogP contribution in [0, 0.1) is 6.92 Å². The molecule has 0 saturated heterocycles. The SMILES string of the molecule is Cc1ccccc1-c1cc2ccccc2c(NC=O)n1. The number of carbonyl (C=O) groups is 1. The van der Waals surface area contributed by atoms with E-state index in [1.807, 2.05) is 48.5 Å². The van der Waals surface area contributed by atoms with Crippen LogP contribution in [0.5, 0.6) is 0 Å². The number of carbonyl (C=O) groups excluding carboxylic acids is 1. The van der Waals surface area contributed by atoms with Crippen LogP contribution in [0.15, 0.2) is 54.6 Å². The van der Waals surface area contributed by atoms with Crippen LogP contribution in [0.2, 0.25) is 0 Å². The van der Waals surface area contributed by atoms with Crippen LogP contribution >= 0.6 is 0 Å². The van der Waals surface area contributed by atoms with Gasteiger partial charge in [0.25, 0.3) is 0 Å². The minimum absolute atomic E-state index is 0.594. The molecule has 1 N–H and O–H groups in total. The number of hydrogen-bond donors (Lipinski definition) is 1. The van der Waals surface area contributed by atoms with Gasteiger partial charge in [-0.05, 0) is 23.9 Å². The maximum absolute atomic E-state index is 10.8. The highest BCUT2D eigenvalue weighted by Gasteiger charge is 2.08. The van der Waals surface area contributed by atoms with Crippen molar-refractivity contribution in [3.05, 3.63) is 60.2 Å². The summed E-state index contributed by atoms with van der Waals surface area (Å²) < 4.78 is 0. The number of benzene rings is 2. The first-order valence-electron chi connectivity index (χ1n) is 6.45. The van der Waals surface area contributed by atoms with Crippen LogP contribution < -0.4 is 5.32 Å². The zero-order valence-electron chi connectivity index (χ0n) is 11.1. The van der Waals surface area contributed by atoms with Crippen LogP contribution in [0.25, 0.3) is 22.0 Å². The fraction of sp³-hybridized carbons (Fsp3) is 0.0588. The Kier molecular flexibility index (Phi) is 3.17. The number of pyridine rings is 1. The number of aromatic nitrogens is 1. The summed E-state index contributed by atoms with van der Waals surface area (Å²) in [6.45, 7) is 2.05. The summed E-state index contributed by atoms with van der Waals surface area (Å²) in [5.74, 6) is 0.594. The van der Waals surface area contributed by atoms with Gasteiger partial charge in [-0.15, -0.1) is 0 Å². The molecule has 3 heteroatoms. The molecule has 20 heavy (non-hydrogen) atoms. The number of nitrogens with zero attached hydrogens (tertiary/aromatic N) is 1. The third kappa shape index (κ3) is 2.14. The normalized spacial score (nSPS) is 10.4. The number of amides is 1. The molecule has 0 radical (unpaired) electrons. The third-order valence-electron chi connectivity index (χ3n) is 3.36. The summed E-state index contributed by atoms with van der Waals surface area (Å²) in [6, 6.07) is 18.0. The van der Waals surface area contributed by atoms with Crippen molar-refractivity contribution >= 4 is 23.0 Å². The lowest BCUT2D eigenvalue weighted by Crippen LogP contribution is -1.99. The van der Waals surface area contributed by atoms with E-state index in [2.05, 4.69) is 23.3 Å². The summed E-state index contributed by atoms with van der Waals surface area (Å²) in [7, 11) is 0. The van der Waals surface area contributed by atoms with Gasteiger partial charge in [-0.25, -0.2) is 4.98 Å². The Morgan fingerprint density at radius 1 is 1.05 bits per heavy atom. The second-order valence-electron chi connectivity index (χ2n) is 4.65. The second kappa shape index (κ2) is 5.13. The minimum Gasteiger partial charge on any atom is -0.313 e. The smallest absolute Gasteiger partial charge is 0.212 e. The molecule has 0 saturated carbocycles. The van der Waals surface area contributed by atoms with Gasteiger partial charge in [-0.3, -0.25) is 4.79 Å². The Balaban J connectivity index is 2.27. The molecule has 98 valence electrons. The molecule has 3 nitrogen and oxygen atoms in total. The van der Waals surface area contributed by atoms with Crippen molar-refractivity contribution < 1.29 is 4.79 Å². The van der Waals surface area contributed by atoms with E-state index in [0.29, 0.717) is 12.2 Å². The highest BCUT2D eigenvalue weighted by atomic mass is 16.1. The van der Waals surface area contributed by atoms with Crippen molar-refractivity contribution in [1.82, 2.24) is 4.98 Å². The van der Waals surface area contributed by atoms with E-state index in [4.69, 9.17) is 0 Å². The Bertz CT molecular complexity index is 781. The van der Waals surface area contributed by atoms with Crippen LogP contribution in [-0.4, -0.2) is 11.4 Å². The molecule has 0 atom stereocenters. The van der Waals surface area contributed by atoms with Crippen molar-refractivity contribution in [2.24, 2.45) is 0 Å². The lowest BCUT2D eigenvalue weighted by molar-refractivity contribution is -0.105. The fourth-order valence-corrected chi connectivity index (χ4v) is 2.36. The van der Waals surface area contributed by atoms with Crippen LogP contribution in [0.4, 0.5) is 5.82 Å². The monoisotopic (exact) mass is 262 g/mol. The van der Waals surface area contributed by atoms with E-state index in [0.717, 1.165) is 27.6 Å². The fourth-order valence-electron chi connectivity index (χ4n) is 2.36. The van der Waals surface area contributed by atoms with E-state index < -0.39 is 0 Å². The lowest BCUT2D eigenvalue weighted by Gasteiger charge is -2.10. The van der Waals surface area contributed by atoms with Gasteiger partial charge < -0.3 is 5.32 Å². The highest BCUT2D eigenvalue weighted by Crippen LogP contribution is 2.29. The van der Waals surface area contributed by atoms with Crippen LogP contribution in [-0.2, 0) is 4.79 Å². The third-order valence-corrected chi connectivity index (χ3v) is 3.36. The Labute approximate surface area is 117 Å². The summed E-state index contributed by atoms with van der Waals surface area (Å²) in [5, 5.41) is 4.69. The molecule has 0 spiro atoms. The molecule has 0 aliphatic rings. The zero-order valence-corrected chi connectivity index (χ0v) is 11.1. The predicted octanol–water partition coefficient (Wildman–Crippen LogP) is 3.78. The molecule has 3 rings (SSSR count). The summed E-state index contributed by atoms with van der Waals surface area (Å²) in [5.41, 5.74) is 3.10. The van der Waals surface area contributed by atoms with Crippen LogP contribution in [0.1, 0.15) is 5.56 Å². The zero-order chi connectivity index (χ0) is 13.9. The average Bonchev–Trinajstić information content (AvgIpc) is 2.48. The summed E-state index contributed by atoms with van der Waals surface area (Å²) >= 11 is 0. The Morgan fingerprint density at radius 2 is 1.80 bits per heavy atom. The van der Waals surface area contributed by atoms with E-state index in [1.165, 1.54) is 0 Å². The number of aryl methyl sites for hydroxylation is 1. The molecule has 0 aliphatic heterocycles. The molecule has 1 aromatic heterocycles. The molecule has 0 aliphatic carbocycles. The predicted molar refractivity (Wildman–Crippen MR) is 81.6 cm³/mol. The first-order chi connectivity index (χ1) is 9.79. The number of rotatable bonds is 3. The summed E-state index contributed by atoms with van der Waals surface area (Å²) in [4.78, 5) is 15.4. The van der Waals surface area contributed by atoms with Gasteiger partial charge in [-0.2, -0.15) is 0 Å². The Morgan fingerprint density at radius 3 is 2.60 bits per heavy atom. The van der Waals surface area contributed by atoms with Gasteiger partial charge in [0, 0.05) is 10.9 Å². The molecule has 0 bridgehead atoms. The number of fused-ring (bicyclic) bond motifs is 1. The molecule has 3 aromatic rings. The number of hydrogen-bond acceptors (Lipinski definition) is 2. The van der Waals surface area contributed by atoms with Gasteiger partial charge in [0.15, 0.2) is 0 Å². The van der Waals surface area contributed by atoms with E-state index >= 15 is 0 Å². The summed E-state index contributed by atoms with van der Waals surface area (Å²) in [6.07, 6.45) is 0.663. The average molecular weight is 262 g/mol. The second-order valence-corrected chi connectivity index (χ2v) is 4.65. The van der Waals surface area contributed by atoms with Crippen LogP contribution in [0.3, 0.4) is 0 Å². The standard InChI is InChI=1S/C17H14N2O/c1-12-6-2-4-8-14(12)16-10-13-7-3-5-9-15(13)17(19-16)18-11-20/h2-11H,1H3,(H,18,19,20). The molecular weight excluding hydrogens is 248 g/mol. The van der Waals surface area contributed by atoms with Crippen molar-refractivity contribution in [1.29, 1.82) is 0 Å². The first kappa shape index (κ1) is 12.4.